The molecule has 1 heterocycles. The van der Waals surface area contributed by atoms with Gasteiger partial charge in [-0.25, -0.2) is 0 Å². The fourth-order valence-electron chi connectivity index (χ4n) is 1.78. The third-order valence-corrected chi connectivity index (χ3v) is 2.98. The monoisotopic (exact) mass is 244 g/mol. The summed E-state index contributed by atoms with van der Waals surface area (Å²) in [7, 11) is 0. The van der Waals surface area contributed by atoms with Gasteiger partial charge in [0, 0.05) is 32.2 Å². The summed E-state index contributed by atoms with van der Waals surface area (Å²) in [6.45, 7) is 6.96. The average Bonchev–Trinajstić information content (AvgIpc) is 2.28. The normalized spacial score (nSPS) is 21.2. The highest BCUT2D eigenvalue weighted by Gasteiger charge is 2.20. The molecule has 1 rings (SSSR count). The van der Waals surface area contributed by atoms with Crippen molar-refractivity contribution in [2.45, 2.75) is 32.7 Å². The first-order valence-electron chi connectivity index (χ1n) is 6.22. The first-order chi connectivity index (χ1) is 8.03. The summed E-state index contributed by atoms with van der Waals surface area (Å²) in [6, 6.07) is 0.129. The first-order valence-corrected chi connectivity index (χ1v) is 6.22. The highest BCUT2D eigenvalue weighted by Crippen LogP contribution is 2.17. The van der Waals surface area contributed by atoms with E-state index in [9.17, 15) is 4.79 Å². The molecule has 5 nitrogen and oxygen atoms in total. The minimum atomic E-state index is -0.0547. The third kappa shape index (κ3) is 6.00. The quantitative estimate of drug-likeness (QED) is 0.610. The number of nitrogens with one attached hydrogen (secondary N) is 2. The van der Waals surface area contributed by atoms with Gasteiger partial charge in [-0.05, 0) is 11.8 Å². The van der Waals surface area contributed by atoms with Gasteiger partial charge < -0.3 is 20.5 Å². The second kappa shape index (κ2) is 6.93. The second-order valence-electron chi connectivity index (χ2n) is 5.34. The van der Waals surface area contributed by atoms with Gasteiger partial charge in [-0.3, -0.25) is 4.79 Å². The molecule has 0 aromatic heterocycles. The Balaban J connectivity index is 2.20. The molecule has 0 radical (unpaired) electrons. The number of carbonyl (C=O) groups excluding carboxylic acids is 1. The van der Waals surface area contributed by atoms with E-state index in [1.165, 1.54) is 0 Å². The highest BCUT2D eigenvalue weighted by molar-refractivity contribution is 5.76. The van der Waals surface area contributed by atoms with Crippen LogP contribution in [0.15, 0.2) is 0 Å². The maximum atomic E-state index is 11.7. The predicted molar refractivity (Wildman–Crippen MR) is 65.7 cm³/mol. The minimum Gasteiger partial charge on any atom is -0.396 e. The van der Waals surface area contributed by atoms with Gasteiger partial charge in [0.1, 0.15) is 0 Å². The average molecular weight is 244 g/mol. The van der Waals surface area contributed by atoms with Gasteiger partial charge in [-0.2, -0.15) is 0 Å². The molecule has 1 aliphatic rings. The SMILES string of the molecule is CC(C)(CCO)CNC(=O)CC1COCCN1. The molecule has 1 aliphatic heterocycles. The van der Waals surface area contributed by atoms with Gasteiger partial charge in [0.25, 0.3) is 0 Å². The van der Waals surface area contributed by atoms with E-state index in [0.29, 0.717) is 26.0 Å². The Morgan fingerprint density at radius 3 is 2.94 bits per heavy atom. The molecule has 0 aromatic carbocycles. The van der Waals surface area contributed by atoms with Crippen LogP contribution in [0.4, 0.5) is 0 Å². The molecule has 0 aromatic rings. The van der Waals surface area contributed by atoms with Crippen LogP contribution in [0.1, 0.15) is 26.7 Å². The standard InChI is InChI=1S/C12H24N2O3/c1-12(2,3-5-15)9-14-11(16)7-10-8-17-6-4-13-10/h10,13,15H,3-9H2,1-2H3,(H,14,16). The molecule has 1 atom stereocenters. The molecule has 1 saturated heterocycles. The van der Waals surface area contributed by atoms with Crippen LogP contribution in [-0.4, -0.2) is 50.0 Å². The molecule has 0 spiro atoms. The van der Waals surface area contributed by atoms with Crippen molar-refractivity contribution in [3.05, 3.63) is 0 Å². The molecule has 5 heteroatoms. The summed E-state index contributed by atoms with van der Waals surface area (Å²) in [4.78, 5) is 11.7. The third-order valence-electron chi connectivity index (χ3n) is 2.98. The van der Waals surface area contributed by atoms with Crippen molar-refractivity contribution >= 4 is 5.91 Å². The fraction of sp³-hybridized carbons (Fsp3) is 0.917. The van der Waals surface area contributed by atoms with E-state index < -0.39 is 0 Å². The maximum Gasteiger partial charge on any atom is 0.221 e. The van der Waals surface area contributed by atoms with Crippen LogP contribution in [0.25, 0.3) is 0 Å². The smallest absolute Gasteiger partial charge is 0.221 e. The van der Waals surface area contributed by atoms with Crippen molar-refractivity contribution < 1.29 is 14.6 Å². The lowest BCUT2D eigenvalue weighted by Gasteiger charge is -2.26. The molecule has 17 heavy (non-hydrogen) atoms. The number of aliphatic hydroxyl groups is 1. The number of hydrogen-bond donors (Lipinski definition) is 3. The molecule has 1 fully saturated rings. The molecule has 0 saturated carbocycles. The van der Waals surface area contributed by atoms with Crippen molar-refractivity contribution in [3.8, 4) is 0 Å². The van der Waals surface area contributed by atoms with E-state index >= 15 is 0 Å². The number of carbonyl (C=O) groups is 1. The van der Waals surface area contributed by atoms with Crippen molar-refractivity contribution in [2.75, 3.05) is 32.9 Å². The molecule has 100 valence electrons. The summed E-state index contributed by atoms with van der Waals surface area (Å²) in [5.41, 5.74) is -0.0547. The second-order valence-corrected chi connectivity index (χ2v) is 5.34. The zero-order chi connectivity index (χ0) is 12.7. The maximum absolute atomic E-state index is 11.7. The number of hydrogen-bond acceptors (Lipinski definition) is 4. The zero-order valence-corrected chi connectivity index (χ0v) is 10.8. The Morgan fingerprint density at radius 2 is 2.35 bits per heavy atom. The van der Waals surface area contributed by atoms with E-state index in [4.69, 9.17) is 9.84 Å². The van der Waals surface area contributed by atoms with Crippen molar-refractivity contribution in [1.82, 2.24) is 10.6 Å². The molecule has 1 amide bonds. The Hall–Kier alpha value is -0.650. The molecule has 1 unspecified atom stereocenters. The van der Waals surface area contributed by atoms with Crippen LogP contribution < -0.4 is 10.6 Å². The number of aliphatic hydroxyl groups excluding tert-OH is 1. The highest BCUT2D eigenvalue weighted by atomic mass is 16.5. The van der Waals surface area contributed by atoms with Gasteiger partial charge >= 0.3 is 0 Å². The molecule has 0 bridgehead atoms. The van der Waals surface area contributed by atoms with E-state index in [2.05, 4.69) is 10.6 Å². The topological polar surface area (TPSA) is 70.6 Å². The Labute approximate surface area is 103 Å². The van der Waals surface area contributed by atoms with Crippen LogP contribution in [0.5, 0.6) is 0 Å². The summed E-state index contributed by atoms with van der Waals surface area (Å²) in [6.07, 6.45) is 1.15. The first kappa shape index (κ1) is 14.4. The fourth-order valence-corrected chi connectivity index (χ4v) is 1.78. The van der Waals surface area contributed by atoms with Crippen molar-refractivity contribution in [1.29, 1.82) is 0 Å². The Kier molecular flexibility index (Phi) is 5.88. The Morgan fingerprint density at radius 1 is 1.59 bits per heavy atom. The van der Waals surface area contributed by atoms with E-state index in [1.54, 1.807) is 0 Å². The van der Waals surface area contributed by atoms with Crippen LogP contribution in [0.2, 0.25) is 0 Å². The summed E-state index contributed by atoms with van der Waals surface area (Å²) < 4.78 is 5.29. The Bertz CT molecular complexity index is 238. The lowest BCUT2D eigenvalue weighted by atomic mass is 9.89. The van der Waals surface area contributed by atoms with Gasteiger partial charge in [-0.15, -0.1) is 0 Å². The van der Waals surface area contributed by atoms with Crippen LogP contribution in [-0.2, 0) is 9.53 Å². The molecular formula is C12H24N2O3. The van der Waals surface area contributed by atoms with Gasteiger partial charge in [0.05, 0.1) is 13.2 Å². The summed E-state index contributed by atoms with van der Waals surface area (Å²) in [5, 5.41) is 15.0. The van der Waals surface area contributed by atoms with E-state index in [0.717, 1.165) is 13.2 Å². The molecule has 0 aliphatic carbocycles. The predicted octanol–water partition coefficient (Wildman–Crippen LogP) is -0.110. The lowest BCUT2D eigenvalue weighted by Crippen LogP contribution is -2.45. The lowest BCUT2D eigenvalue weighted by molar-refractivity contribution is -0.122. The number of morpholine rings is 1. The summed E-state index contributed by atoms with van der Waals surface area (Å²) >= 11 is 0. The van der Waals surface area contributed by atoms with Crippen molar-refractivity contribution in [3.63, 3.8) is 0 Å². The van der Waals surface area contributed by atoms with Crippen LogP contribution in [0, 0.1) is 5.41 Å². The number of ether oxygens (including phenoxy) is 1. The number of amides is 1. The van der Waals surface area contributed by atoms with Crippen molar-refractivity contribution in [2.24, 2.45) is 5.41 Å². The molecule has 3 N–H and O–H groups in total. The van der Waals surface area contributed by atoms with Crippen LogP contribution in [0.3, 0.4) is 0 Å². The largest absolute Gasteiger partial charge is 0.396 e. The zero-order valence-electron chi connectivity index (χ0n) is 10.8. The number of rotatable bonds is 6. The van der Waals surface area contributed by atoms with Gasteiger partial charge in [0.2, 0.25) is 5.91 Å². The van der Waals surface area contributed by atoms with E-state index in [1.807, 2.05) is 13.8 Å². The minimum absolute atomic E-state index is 0.0408. The van der Waals surface area contributed by atoms with Gasteiger partial charge in [-0.1, -0.05) is 13.8 Å². The summed E-state index contributed by atoms with van der Waals surface area (Å²) in [5.74, 6) is 0.0408. The van der Waals surface area contributed by atoms with E-state index in [-0.39, 0.29) is 24.0 Å². The molecular weight excluding hydrogens is 220 g/mol. The van der Waals surface area contributed by atoms with Gasteiger partial charge in [0.15, 0.2) is 0 Å². The van der Waals surface area contributed by atoms with Crippen LogP contribution >= 0.6 is 0 Å².